The Bertz CT molecular complexity index is 307. The van der Waals surface area contributed by atoms with E-state index in [-0.39, 0.29) is 10.8 Å². The van der Waals surface area contributed by atoms with Crippen molar-refractivity contribution < 1.29 is 13.5 Å². The lowest BCUT2D eigenvalue weighted by molar-refractivity contribution is -0.0497. The standard InChI is InChI=1S/C9H8BrClF2O/c10-4-3-6-1-2-8(7(11)5-6)14-9(12)13/h1-2,5,9H,3-4H2. The molecule has 0 aromatic heterocycles. The van der Waals surface area contributed by atoms with Gasteiger partial charge >= 0.3 is 6.61 Å². The third kappa shape index (κ3) is 3.42. The second kappa shape index (κ2) is 5.51. The molecular weight excluding hydrogens is 277 g/mol. The summed E-state index contributed by atoms with van der Waals surface area (Å²) in [6.07, 6.45) is 0.800. The zero-order chi connectivity index (χ0) is 10.6. The fourth-order valence-corrected chi connectivity index (χ4v) is 1.71. The van der Waals surface area contributed by atoms with Crippen molar-refractivity contribution >= 4 is 27.5 Å². The number of benzene rings is 1. The van der Waals surface area contributed by atoms with Gasteiger partial charge in [0.15, 0.2) is 0 Å². The number of aryl methyl sites for hydroxylation is 1. The van der Waals surface area contributed by atoms with E-state index in [0.29, 0.717) is 0 Å². The summed E-state index contributed by atoms with van der Waals surface area (Å²) in [6.45, 7) is -2.84. The Kier molecular flexibility index (Phi) is 4.62. The van der Waals surface area contributed by atoms with E-state index in [4.69, 9.17) is 11.6 Å². The van der Waals surface area contributed by atoms with Crippen LogP contribution >= 0.6 is 27.5 Å². The molecule has 1 nitrogen and oxygen atoms in total. The fraction of sp³-hybridized carbons (Fsp3) is 0.333. The van der Waals surface area contributed by atoms with Gasteiger partial charge in [0.25, 0.3) is 0 Å². The summed E-state index contributed by atoms with van der Waals surface area (Å²) in [7, 11) is 0. The van der Waals surface area contributed by atoms with Crippen LogP contribution in [-0.2, 0) is 6.42 Å². The van der Waals surface area contributed by atoms with Crippen LogP contribution in [0.4, 0.5) is 8.78 Å². The molecule has 0 fully saturated rings. The molecule has 0 bridgehead atoms. The normalized spacial score (nSPS) is 10.6. The zero-order valence-corrected chi connectivity index (χ0v) is 9.49. The number of rotatable bonds is 4. The van der Waals surface area contributed by atoms with Crippen LogP contribution in [0.2, 0.25) is 5.02 Å². The summed E-state index contributed by atoms with van der Waals surface area (Å²) in [6, 6.07) is 4.79. The molecule has 0 spiro atoms. The van der Waals surface area contributed by atoms with Gasteiger partial charge in [-0.3, -0.25) is 0 Å². The molecule has 1 aromatic rings. The summed E-state index contributed by atoms with van der Waals surface area (Å²) >= 11 is 9.01. The molecule has 78 valence electrons. The molecule has 0 amide bonds. The highest BCUT2D eigenvalue weighted by Gasteiger charge is 2.08. The number of alkyl halides is 3. The Morgan fingerprint density at radius 3 is 2.64 bits per heavy atom. The maximum atomic E-state index is 11.9. The highest BCUT2D eigenvalue weighted by molar-refractivity contribution is 9.09. The molecule has 0 aliphatic heterocycles. The van der Waals surface area contributed by atoms with Gasteiger partial charge in [-0.25, -0.2) is 0 Å². The molecule has 0 heterocycles. The predicted octanol–water partition coefficient (Wildman–Crippen LogP) is 3.88. The average molecular weight is 286 g/mol. The molecule has 0 N–H and O–H groups in total. The van der Waals surface area contributed by atoms with Gasteiger partial charge < -0.3 is 4.74 Å². The maximum absolute atomic E-state index is 11.9. The Balaban J connectivity index is 2.79. The van der Waals surface area contributed by atoms with Gasteiger partial charge in [0.1, 0.15) is 5.75 Å². The van der Waals surface area contributed by atoms with Gasteiger partial charge in [-0.05, 0) is 24.1 Å². The van der Waals surface area contributed by atoms with Crippen LogP contribution < -0.4 is 4.74 Å². The van der Waals surface area contributed by atoms with Crippen LogP contribution in [-0.4, -0.2) is 11.9 Å². The summed E-state index contributed by atoms with van der Waals surface area (Å²) in [5.41, 5.74) is 0.980. The molecule has 0 unspecified atom stereocenters. The van der Waals surface area contributed by atoms with E-state index in [0.717, 1.165) is 17.3 Å². The van der Waals surface area contributed by atoms with Crippen molar-refractivity contribution in [1.29, 1.82) is 0 Å². The van der Waals surface area contributed by atoms with E-state index < -0.39 is 6.61 Å². The first-order valence-electron chi connectivity index (χ1n) is 3.92. The molecule has 0 saturated carbocycles. The smallest absolute Gasteiger partial charge is 0.387 e. The number of halogens is 4. The first kappa shape index (κ1) is 11.7. The van der Waals surface area contributed by atoms with Crippen molar-refractivity contribution in [3.05, 3.63) is 28.8 Å². The highest BCUT2D eigenvalue weighted by atomic mass is 79.9. The highest BCUT2D eigenvalue weighted by Crippen LogP contribution is 2.27. The second-order valence-electron chi connectivity index (χ2n) is 2.58. The average Bonchev–Trinajstić information content (AvgIpc) is 2.10. The summed E-state index contributed by atoms with van der Waals surface area (Å²) in [4.78, 5) is 0. The maximum Gasteiger partial charge on any atom is 0.387 e. The molecule has 0 aliphatic carbocycles. The molecule has 0 atom stereocenters. The molecular formula is C9H8BrClF2O. The first-order chi connectivity index (χ1) is 6.63. The lowest BCUT2D eigenvalue weighted by atomic mass is 10.2. The van der Waals surface area contributed by atoms with Crippen LogP contribution in [0.25, 0.3) is 0 Å². The second-order valence-corrected chi connectivity index (χ2v) is 3.78. The molecule has 0 aliphatic rings. The predicted molar refractivity (Wildman–Crippen MR) is 55.6 cm³/mol. The Morgan fingerprint density at radius 2 is 2.14 bits per heavy atom. The summed E-state index contributed by atoms with van der Waals surface area (Å²) in [5, 5.41) is 1.02. The van der Waals surface area contributed by atoms with Crippen LogP contribution in [0.1, 0.15) is 5.56 Å². The monoisotopic (exact) mass is 284 g/mol. The quantitative estimate of drug-likeness (QED) is 0.763. The van der Waals surface area contributed by atoms with Crippen molar-refractivity contribution in [2.75, 3.05) is 5.33 Å². The lowest BCUT2D eigenvalue weighted by Gasteiger charge is -2.07. The van der Waals surface area contributed by atoms with Crippen LogP contribution in [0.3, 0.4) is 0 Å². The molecule has 1 aromatic carbocycles. The van der Waals surface area contributed by atoms with Crippen molar-refractivity contribution in [2.24, 2.45) is 0 Å². The van der Waals surface area contributed by atoms with Crippen molar-refractivity contribution in [3.63, 3.8) is 0 Å². The van der Waals surface area contributed by atoms with Gasteiger partial charge in [0, 0.05) is 5.33 Å². The zero-order valence-electron chi connectivity index (χ0n) is 7.14. The largest absolute Gasteiger partial charge is 0.433 e. The third-order valence-electron chi connectivity index (χ3n) is 1.60. The van der Waals surface area contributed by atoms with Crippen LogP contribution in [0.15, 0.2) is 18.2 Å². The van der Waals surface area contributed by atoms with Crippen molar-refractivity contribution in [2.45, 2.75) is 13.0 Å². The topological polar surface area (TPSA) is 9.23 Å². The van der Waals surface area contributed by atoms with Crippen molar-refractivity contribution in [1.82, 2.24) is 0 Å². The van der Waals surface area contributed by atoms with E-state index >= 15 is 0 Å². The van der Waals surface area contributed by atoms with E-state index in [9.17, 15) is 8.78 Å². The Morgan fingerprint density at radius 1 is 1.43 bits per heavy atom. The summed E-state index contributed by atoms with van der Waals surface area (Å²) < 4.78 is 27.9. The molecule has 0 radical (unpaired) electrons. The van der Waals surface area contributed by atoms with Crippen molar-refractivity contribution in [3.8, 4) is 5.75 Å². The Labute approximate surface area is 94.1 Å². The Hall–Kier alpha value is -0.350. The van der Waals surface area contributed by atoms with E-state index in [1.807, 2.05) is 0 Å². The third-order valence-corrected chi connectivity index (χ3v) is 2.29. The van der Waals surface area contributed by atoms with Gasteiger partial charge in [0.05, 0.1) is 5.02 Å². The summed E-state index contributed by atoms with van der Waals surface area (Å²) in [5.74, 6) is 0.0139. The lowest BCUT2D eigenvalue weighted by Crippen LogP contribution is -2.02. The van der Waals surface area contributed by atoms with Gasteiger partial charge in [-0.15, -0.1) is 0 Å². The van der Waals surface area contributed by atoms with E-state index in [1.54, 1.807) is 12.1 Å². The SMILES string of the molecule is FC(F)Oc1ccc(CCBr)cc1Cl. The van der Waals surface area contributed by atoms with Gasteiger partial charge in [-0.2, -0.15) is 8.78 Å². The minimum absolute atomic E-state index is 0.0139. The van der Waals surface area contributed by atoms with E-state index in [2.05, 4.69) is 20.7 Å². The fourth-order valence-electron chi connectivity index (χ4n) is 1.00. The number of hydrogen-bond donors (Lipinski definition) is 0. The van der Waals surface area contributed by atoms with Gasteiger partial charge in [-0.1, -0.05) is 33.6 Å². The first-order valence-corrected chi connectivity index (χ1v) is 5.42. The van der Waals surface area contributed by atoms with E-state index in [1.165, 1.54) is 6.07 Å². The van der Waals surface area contributed by atoms with Gasteiger partial charge in [0.2, 0.25) is 0 Å². The minimum Gasteiger partial charge on any atom is -0.433 e. The molecule has 14 heavy (non-hydrogen) atoms. The molecule has 5 heteroatoms. The van der Waals surface area contributed by atoms with Crippen LogP contribution in [0.5, 0.6) is 5.75 Å². The number of ether oxygens (including phenoxy) is 1. The molecule has 0 saturated heterocycles. The number of hydrogen-bond acceptors (Lipinski definition) is 1. The van der Waals surface area contributed by atoms with Crippen LogP contribution in [0, 0.1) is 0 Å². The molecule has 1 rings (SSSR count). The minimum atomic E-state index is -2.84.